The van der Waals surface area contributed by atoms with Crippen LogP contribution in [0.4, 0.5) is 0 Å². The molecule has 32 heavy (non-hydrogen) atoms. The lowest BCUT2D eigenvalue weighted by Crippen LogP contribution is -2.49. The molecule has 5 atom stereocenters. The van der Waals surface area contributed by atoms with Gasteiger partial charge in [0.15, 0.2) is 0 Å². The Morgan fingerprint density at radius 1 is 1.22 bits per heavy atom. The minimum Gasteiger partial charge on any atom is -0.458 e. The number of hydrogen-bond acceptors (Lipinski definition) is 5. The second kappa shape index (κ2) is 10.3. The van der Waals surface area contributed by atoms with Gasteiger partial charge in [-0.15, -0.1) is 0 Å². The van der Waals surface area contributed by atoms with Crippen molar-refractivity contribution in [2.24, 2.45) is 5.92 Å². The second-order valence-electron chi connectivity index (χ2n) is 9.72. The fourth-order valence-electron chi connectivity index (χ4n) is 4.88. The van der Waals surface area contributed by atoms with Crippen molar-refractivity contribution in [2.75, 3.05) is 6.61 Å². The number of fused-ring (bicyclic) bond motifs is 1. The first-order chi connectivity index (χ1) is 15.1. The average Bonchev–Trinajstić information content (AvgIpc) is 2.67. The third kappa shape index (κ3) is 6.09. The maximum Gasteiger partial charge on any atom is 0.303 e. The summed E-state index contributed by atoms with van der Waals surface area (Å²) in [6, 6.07) is 0. The number of rotatable bonds is 6. The Kier molecular flexibility index (Phi) is 7.97. The van der Waals surface area contributed by atoms with E-state index in [1.54, 1.807) is 0 Å². The van der Waals surface area contributed by atoms with E-state index < -0.39 is 5.79 Å². The summed E-state index contributed by atoms with van der Waals surface area (Å²) in [6.07, 6.45) is 13.3. The van der Waals surface area contributed by atoms with Crippen LogP contribution in [0.15, 0.2) is 58.2 Å². The smallest absolute Gasteiger partial charge is 0.303 e. The van der Waals surface area contributed by atoms with Gasteiger partial charge in [0.05, 0.1) is 18.8 Å². The summed E-state index contributed by atoms with van der Waals surface area (Å²) >= 11 is 0. The van der Waals surface area contributed by atoms with Gasteiger partial charge >= 0.3 is 5.97 Å². The molecule has 3 aliphatic rings. The molecule has 5 heteroatoms. The van der Waals surface area contributed by atoms with Crippen molar-refractivity contribution in [1.29, 1.82) is 0 Å². The largest absolute Gasteiger partial charge is 0.458 e. The molecule has 0 aromatic rings. The van der Waals surface area contributed by atoms with E-state index in [9.17, 15) is 9.90 Å². The number of aliphatic hydroxyl groups excluding tert-OH is 1. The highest BCUT2D eigenvalue weighted by atomic mass is 16.7. The van der Waals surface area contributed by atoms with Crippen LogP contribution in [0.2, 0.25) is 0 Å². The predicted molar refractivity (Wildman–Crippen MR) is 126 cm³/mol. The summed E-state index contributed by atoms with van der Waals surface area (Å²) in [4.78, 5) is 11.5. The van der Waals surface area contributed by atoms with Crippen LogP contribution in [0.1, 0.15) is 67.2 Å². The lowest BCUT2D eigenvalue weighted by Gasteiger charge is -2.46. The minimum atomic E-state index is -0.992. The van der Waals surface area contributed by atoms with Crippen LogP contribution in [0.25, 0.3) is 0 Å². The number of allylic oxidation sites excluding steroid dienone is 3. The fraction of sp³-hybridized carbons (Fsp3) is 0.593. The molecule has 0 bridgehead atoms. The van der Waals surface area contributed by atoms with Crippen LogP contribution in [0, 0.1) is 5.92 Å². The van der Waals surface area contributed by atoms with Gasteiger partial charge in [-0.1, -0.05) is 34.9 Å². The van der Waals surface area contributed by atoms with Gasteiger partial charge in [-0.05, 0) is 83.6 Å². The molecule has 1 N–H and O–H groups in total. The number of carbonyl (C=O) groups is 1. The molecule has 5 nitrogen and oxygen atoms in total. The van der Waals surface area contributed by atoms with E-state index in [-0.39, 0.29) is 36.8 Å². The zero-order chi connectivity index (χ0) is 23.5. The third-order valence-corrected chi connectivity index (χ3v) is 6.34. The quantitative estimate of drug-likeness (QED) is 0.445. The van der Waals surface area contributed by atoms with Crippen LogP contribution in [0.3, 0.4) is 0 Å². The lowest BCUT2D eigenvalue weighted by molar-refractivity contribution is -0.227. The Morgan fingerprint density at radius 3 is 2.62 bits per heavy atom. The minimum absolute atomic E-state index is 0.0438. The maximum atomic E-state index is 11.5. The lowest BCUT2D eigenvalue weighted by atomic mass is 9.78. The van der Waals surface area contributed by atoms with E-state index in [1.807, 2.05) is 25.2 Å². The molecule has 1 spiro atoms. The van der Waals surface area contributed by atoms with E-state index in [1.165, 1.54) is 23.6 Å². The van der Waals surface area contributed by atoms with E-state index in [4.69, 9.17) is 14.2 Å². The van der Waals surface area contributed by atoms with E-state index in [0.29, 0.717) is 6.42 Å². The maximum absolute atomic E-state index is 11.5. The molecule has 0 saturated heterocycles. The predicted octanol–water partition coefficient (Wildman–Crippen LogP) is 5.33. The fourth-order valence-corrected chi connectivity index (χ4v) is 4.88. The molecule has 0 aromatic carbocycles. The van der Waals surface area contributed by atoms with E-state index in [2.05, 4.69) is 39.8 Å². The van der Waals surface area contributed by atoms with E-state index >= 15 is 0 Å². The van der Waals surface area contributed by atoms with Gasteiger partial charge < -0.3 is 19.3 Å². The van der Waals surface area contributed by atoms with Crippen LogP contribution in [-0.2, 0) is 19.0 Å². The molecule has 0 saturated carbocycles. The highest BCUT2D eigenvalue weighted by Gasteiger charge is 2.46. The highest BCUT2D eigenvalue weighted by molar-refractivity contribution is 5.66. The van der Waals surface area contributed by atoms with E-state index in [0.717, 1.165) is 30.4 Å². The average molecular weight is 443 g/mol. The summed E-state index contributed by atoms with van der Waals surface area (Å²) in [7, 11) is 0. The molecule has 0 aromatic heterocycles. The van der Waals surface area contributed by atoms with Crippen molar-refractivity contribution in [2.45, 2.75) is 91.3 Å². The van der Waals surface area contributed by atoms with Crippen LogP contribution >= 0.6 is 0 Å². The van der Waals surface area contributed by atoms with Crippen LogP contribution in [0.5, 0.6) is 0 Å². The molecule has 1 aliphatic carbocycles. The van der Waals surface area contributed by atoms with Crippen LogP contribution < -0.4 is 0 Å². The monoisotopic (exact) mass is 442 g/mol. The second-order valence-corrected chi connectivity index (χ2v) is 9.72. The molecule has 0 amide bonds. The summed E-state index contributed by atoms with van der Waals surface area (Å²) in [5, 5.41) is 10.2. The van der Waals surface area contributed by atoms with Crippen molar-refractivity contribution < 1.29 is 24.1 Å². The zero-order valence-electron chi connectivity index (χ0n) is 20.3. The van der Waals surface area contributed by atoms with Gasteiger partial charge in [-0.3, -0.25) is 4.79 Å². The zero-order valence-corrected chi connectivity index (χ0v) is 20.3. The van der Waals surface area contributed by atoms with Gasteiger partial charge in [-0.2, -0.15) is 0 Å². The Morgan fingerprint density at radius 2 is 1.97 bits per heavy atom. The first-order valence-corrected chi connectivity index (χ1v) is 11.6. The Hall–Kier alpha value is -1.95. The Balaban J connectivity index is 1.82. The summed E-state index contributed by atoms with van der Waals surface area (Å²) in [5.41, 5.74) is 5.68. The first kappa shape index (κ1) is 24.7. The number of ether oxygens (including phenoxy) is 3. The van der Waals surface area contributed by atoms with Crippen molar-refractivity contribution in [3.8, 4) is 0 Å². The molecule has 3 rings (SSSR count). The third-order valence-electron chi connectivity index (χ3n) is 6.34. The number of hydrogen-bond donors (Lipinski definition) is 1. The van der Waals surface area contributed by atoms with Crippen molar-refractivity contribution >= 4 is 5.97 Å². The molecular formula is C27H38O5. The van der Waals surface area contributed by atoms with Gasteiger partial charge in [-0.25, -0.2) is 0 Å². The van der Waals surface area contributed by atoms with Gasteiger partial charge in [0.1, 0.15) is 6.10 Å². The molecule has 176 valence electrons. The Bertz CT molecular complexity index is 870. The summed E-state index contributed by atoms with van der Waals surface area (Å²) in [6.45, 7) is 11.8. The standard InChI is InChI=1S/C27H38O5/c1-17(2)8-7-9-18(3)10-23-11-19(4)14-27(31-23)15-22(16-28)24-13-25(30-21(6)29)20(5)12-26(24)32-27/h8,10,12,14-15,23-26,28H,7,9,11,13,16H2,1-6H3/b18-10+/t23-,24-,25+,26-,27+/m0/s1. The SMILES string of the molecule is CC(=O)O[C@@H]1C[C@H]2C(CO)=C[C@@]3(C=C(C)C[C@H](/C=C(\C)CCC=C(C)C)O3)O[C@H]2C=C1C. The summed E-state index contributed by atoms with van der Waals surface area (Å²) in [5.74, 6) is -1.33. The molecule has 0 radical (unpaired) electrons. The van der Waals surface area contributed by atoms with Crippen molar-refractivity contribution in [3.63, 3.8) is 0 Å². The topological polar surface area (TPSA) is 65.0 Å². The molecule has 2 aliphatic heterocycles. The molecular weight excluding hydrogens is 404 g/mol. The number of esters is 1. The first-order valence-electron chi connectivity index (χ1n) is 11.6. The molecule has 2 heterocycles. The van der Waals surface area contributed by atoms with Crippen molar-refractivity contribution in [1.82, 2.24) is 0 Å². The Labute approximate surface area is 192 Å². The van der Waals surface area contributed by atoms with Gasteiger partial charge in [0.25, 0.3) is 0 Å². The molecule has 0 fully saturated rings. The summed E-state index contributed by atoms with van der Waals surface area (Å²) < 4.78 is 18.5. The van der Waals surface area contributed by atoms with Gasteiger partial charge in [0, 0.05) is 12.8 Å². The van der Waals surface area contributed by atoms with Crippen molar-refractivity contribution in [3.05, 3.63) is 58.2 Å². The van der Waals surface area contributed by atoms with Gasteiger partial charge in [0.2, 0.25) is 5.79 Å². The normalized spacial score (nSPS) is 32.5. The number of carbonyl (C=O) groups excluding carboxylic acids is 1. The van der Waals surface area contributed by atoms with Crippen LogP contribution in [-0.4, -0.2) is 41.8 Å². The molecule has 0 unspecified atom stereocenters. The number of aliphatic hydroxyl groups is 1. The highest BCUT2D eigenvalue weighted by Crippen LogP contribution is 2.43.